The van der Waals surface area contributed by atoms with Crippen LogP contribution in [0.25, 0.3) is 20.9 Å². The predicted octanol–water partition coefficient (Wildman–Crippen LogP) is 5.12. The maximum Gasteiger partial charge on any atom is 0.260 e. The third kappa shape index (κ3) is 3.26. The van der Waals surface area contributed by atoms with E-state index in [0.717, 1.165) is 45.8 Å². The second-order valence-corrected chi connectivity index (χ2v) is 9.85. The fourth-order valence-corrected chi connectivity index (χ4v) is 6.31. The highest BCUT2D eigenvalue weighted by atomic mass is 32.2. The monoisotopic (exact) mass is 415 g/mol. The molecule has 0 saturated carbocycles. The second-order valence-electron chi connectivity index (χ2n) is 6.85. The summed E-state index contributed by atoms with van der Waals surface area (Å²) >= 11 is 4.78. The van der Waals surface area contributed by atoms with Crippen molar-refractivity contribution < 1.29 is 4.52 Å². The average Bonchev–Trinajstić information content (AvgIpc) is 3.38. The van der Waals surface area contributed by atoms with E-state index < -0.39 is 0 Å². The topological polar surface area (TPSA) is 71.8 Å². The van der Waals surface area contributed by atoms with Gasteiger partial charge in [0.15, 0.2) is 10.9 Å². The summed E-state index contributed by atoms with van der Waals surface area (Å²) in [6, 6.07) is 5.94. The smallest absolute Gasteiger partial charge is 0.260 e. The highest BCUT2D eigenvalue weighted by molar-refractivity contribution is 7.98. The number of hydrogen-bond donors (Lipinski definition) is 1. The van der Waals surface area contributed by atoms with Gasteiger partial charge in [0.1, 0.15) is 4.83 Å². The molecule has 138 valence electrons. The van der Waals surface area contributed by atoms with Crippen molar-refractivity contribution in [2.45, 2.75) is 37.1 Å². The van der Waals surface area contributed by atoms with Gasteiger partial charge in [0.05, 0.1) is 16.0 Å². The molecule has 4 aromatic heterocycles. The van der Waals surface area contributed by atoms with Gasteiger partial charge >= 0.3 is 0 Å². The van der Waals surface area contributed by atoms with E-state index in [1.54, 1.807) is 22.7 Å². The van der Waals surface area contributed by atoms with Crippen molar-refractivity contribution in [3.8, 4) is 10.6 Å². The minimum atomic E-state index is -0.0195. The first-order valence-electron chi connectivity index (χ1n) is 8.84. The van der Waals surface area contributed by atoms with Crippen LogP contribution in [0.1, 0.15) is 29.5 Å². The number of aromatic amines is 1. The lowest BCUT2D eigenvalue weighted by Gasteiger charge is -2.17. The molecule has 5 nitrogen and oxygen atoms in total. The Morgan fingerprint density at radius 3 is 3.22 bits per heavy atom. The number of aryl methyl sites for hydroxylation is 1. The first-order chi connectivity index (χ1) is 13.2. The van der Waals surface area contributed by atoms with E-state index in [9.17, 15) is 4.79 Å². The van der Waals surface area contributed by atoms with Gasteiger partial charge in [0, 0.05) is 16.7 Å². The van der Waals surface area contributed by atoms with Crippen LogP contribution in [0.15, 0.2) is 38.1 Å². The van der Waals surface area contributed by atoms with Gasteiger partial charge in [-0.25, -0.2) is 4.98 Å². The summed E-state index contributed by atoms with van der Waals surface area (Å²) in [7, 11) is 0. The lowest BCUT2D eigenvalue weighted by atomic mass is 9.89. The average molecular weight is 416 g/mol. The zero-order valence-corrected chi connectivity index (χ0v) is 17.1. The molecule has 0 fully saturated rings. The van der Waals surface area contributed by atoms with Gasteiger partial charge in [-0.05, 0) is 42.2 Å². The van der Waals surface area contributed by atoms with Gasteiger partial charge in [-0.1, -0.05) is 29.9 Å². The van der Waals surface area contributed by atoms with Crippen LogP contribution >= 0.6 is 34.4 Å². The maximum absolute atomic E-state index is 12.7. The number of thioether (sulfide) groups is 1. The third-order valence-corrected chi connectivity index (χ3v) is 7.76. The van der Waals surface area contributed by atoms with Crippen molar-refractivity contribution in [3.63, 3.8) is 0 Å². The first kappa shape index (κ1) is 17.2. The SMILES string of the molecule is C[C@H]1CCc2c(sc3nc(SCc4cc(-c5cccs5)on4)[nH]c(=O)c23)C1. The Bertz CT molecular complexity index is 1160. The van der Waals surface area contributed by atoms with E-state index >= 15 is 0 Å². The zero-order valence-electron chi connectivity index (χ0n) is 14.7. The Kier molecular flexibility index (Phi) is 4.41. The molecule has 0 bridgehead atoms. The van der Waals surface area contributed by atoms with Gasteiger partial charge < -0.3 is 9.51 Å². The van der Waals surface area contributed by atoms with Crippen LogP contribution in [0.5, 0.6) is 0 Å². The van der Waals surface area contributed by atoms with Gasteiger partial charge in [-0.3, -0.25) is 4.79 Å². The normalized spacial score (nSPS) is 16.7. The largest absolute Gasteiger partial charge is 0.355 e. The quantitative estimate of drug-likeness (QED) is 0.370. The number of H-pyrrole nitrogens is 1. The van der Waals surface area contributed by atoms with Crippen molar-refractivity contribution in [1.29, 1.82) is 0 Å². The molecule has 8 heteroatoms. The van der Waals surface area contributed by atoms with Crippen molar-refractivity contribution in [2.75, 3.05) is 0 Å². The molecular weight excluding hydrogens is 398 g/mol. The maximum atomic E-state index is 12.7. The summed E-state index contributed by atoms with van der Waals surface area (Å²) < 4.78 is 5.41. The molecule has 4 heterocycles. The molecule has 5 rings (SSSR count). The Morgan fingerprint density at radius 2 is 2.37 bits per heavy atom. The number of fused-ring (bicyclic) bond motifs is 3. The van der Waals surface area contributed by atoms with E-state index in [-0.39, 0.29) is 5.56 Å². The predicted molar refractivity (Wildman–Crippen MR) is 111 cm³/mol. The summed E-state index contributed by atoms with van der Waals surface area (Å²) in [6.45, 7) is 2.27. The highest BCUT2D eigenvalue weighted by Crippen LogP contribution is 2.36. The van der Waals surface area contributed by atoms with Crippen molar-refractivity contribution in [1.82, 2.24) is 15.1 Å². The minimum Gasteiger partial charge on any atom is -0.355 e. The molecule has 0 radical (unpaired) electrons. The van der Waals surface area contributed by atoms with E-state index in [4.69, 9.17) is 9.51 Å². The van der Waals surface area contributed by atoms with Gasteiger partial charge in [-0.15, -0.1) is 22.7 Å². The lowest BCUT2D eigenvalue weighted by molar-refractivity contribution is 0.427. The van der Waals surface area contributed by atoms with Crippen LogP contribution < -0.4 is 5.56 Å². The number of aromatic nitrogens is 3. The molecule has 0 amide bonds. The molecule has 1 aliphatic rings. The fraction of sp³-hybridized carbons (Fsp3) is 0.316. The van der Waals surface area contributed by atoms with Gasteiger partial charge in [0.25, 0.3) is 5.56 Å². The second kappa shape index (κ2) is 6.92. The van der Waals surface area contributed by atoms with Gasteiger partial charge in [-0.2, -0.15) is 0 Å². The van der Waals surface area contributed by atoms with Crippen LogP contribution in [0, 0.1) is 5.92 Å². The van der Waals surface area contributed by atoms with Crippen LogP contribution in [-0.2, 0) is 18.6 Å². The van der Waals surface area contributed by atoms with Crippen molar-refractivity contribution >= 4 is 44.7 Å². The van der Waals surface area contributed by atoms with E-state index in [2.05, 4.69) is 17.1 Å². The molecule has 1 atom stereocenters. The molecule has 4 aromatic rings. The van der Waals surface area contributed by atoms with E-state index in [1.807, 2.05) is 23.6 Å². The molecule has 1 aliphatic carbocycles. The Morgan fingerprint density at radius 1 is 1.44 bits per heavy atom. The van der Waals surface area contributed by atoms with Crippen molar-refractivity contribution in [2.24, 2.45) is 5.92 Å². The molecule has 27 heavy (non-hydrogen) atoms. The Hall–Kier alpha value is -1.90. The van der Waals surface area contributed by atoms with Crippen molar-refractivity contribution in [3.05, 3.63) is 50.1 Å². The Labute approximate surface area is 167 Å². The standard InChI is InChI=1S/C19H17N3O2S3/c1-10-4-5-12-15(7-10)27-18-16(12)17(23)20-19(21-18)26-9-11-8-13(24-22-11)14-3-2-6-25-14/h2-3,6,8,10H,4-5,7,9H2,1H3,(H,20,21,23)/t10-/m0/s1. The molecule has 0 spiro atoms. The number of rotatable bonds is 4. The van der Waals surface area contributed by atoms with E-state index in [1.165, 1.54) is 22.2 Å². The van der Waals surface area contributed by atoms with Gasteiger partial charge in [0.2, 0.25) is 0 Å². The molecule has 0 unspecified atom stereocenters. The number of nitrogens with one attached hydrogen (secondary N) is 1. The molecule has 0 saturated heterocycles. The van der Waals surface area contributed by atoms with Crippen LogP contribution in [0.3, 0.4) is 0 Å². The first-order valence-corrected chi connectivity index (χ1v) is 11.5. The van der Waals surface area contributed by atoms with Crippen LogP contribution in [-0.4, -0.2) is 15.1 Å². The summed E-state index contributed by atoms with van der Waals surface area (Å²) in [5, 5.41) is 7.58. The number of hydrogen-bond acceptors (Lipinski definition) is 7. The van der Waals surface area contributed by atoms with Crippen LogP contribution in [0.2, 0.25) is 0 Å². The summed E-state index contributed by atoms with van der Waals surface area (Å²) in [4.78, 5) is 23.6. The van der Waals surface area contributed by atoms with Crippen LogP contribution in [0.4, 0.5) is 0 Å². The lowest BCUT2D eigenvalue weighted by Crippen LogP contribution is -2.13. The summed E-state index contributed by atoms with van der Waals surface area (Å²) in [6.07, 6.45) is 3.19. The zero-order chi connectivity index (χ0) is 18.4. The molecular formula is C19H17N3O2S3. The summed E-state index contributed by atoms with van der Waals surface area (Å²) in [5.41, 5.74) is 2.04. The number of thiophene rings is 2. The highest BCUT2D eigenvalue weighted by Gasteiger charge is 2.23. The minimum absolute atomic E-state index is 0.0195. The molecule has 0 aromatic carbocycles. The summed E-state index contributed by atoms with van der Waals surface area (Å²) in [5.74, 6) is 2.06. The third-order valence-electron chi connectivity index (χ3n) is 4.82. The fourth-order valence-electron chi connectivity index (χ4n) is 3.45. The molecule has 1 N–H and O–H groups in total. The molecule has 0 aliphatic heterocycles. The Balaban J connectivity index is 1.39. The van der Waals surface area contributed by atoms with E-state index in [0.29, 0.717) is 16.8 Å². The number of nitrogens with zero attached hydrogens (tertiary/aromatic N) is 2.